The van der Waals surface area contributed by atoms with Crippen molar-refractivity contribution in [3.8, 4) is 56.4 Å². The van der Waals surface area contributed by atoms with Gasteiger partial charge in [-0.15, -0.1) is 48.0 Å². The number of alkyl halides is 9. The molecule has 0 aliphatic carbocycles. The number of hydrogen-bond acceptors (Lipinski definition) is 3. The van der Waals surface area contributed by atoms with Crippen molar-refractivity contribution in [2.24, 2.45) is 0 Å². The van der Waals surface area contributed by atoms with Crippen LogP contribution in [0.15, 0.2) is 180 Å². The van der Waals surface area contributed by atoms with Crippen LogP contribution in [0.4, 0.5) is 43.9 Å². The Kier molecular flexibility index (Phi) is 16.0. The summed E-state index contributed by atoms with van der Waals surface area (Å²) in [6.45, 7) is 16.2. The summed E-state index contributed by atoms with van der Waals surface area (Å²) >= 11 is 0. The van der Waals surface area contributed by atoms with Crippen LogP contribution in [0.2, 0.25) is 19.6 Å². The van der Waals surface area contributed by atoms with Crippen molar-refractivity contribution in [2.75, 3.05) is 0 Å². The van der Waals surface area contributed by atoms with E-state index in [9.17, 15) is 39.5 Å². The number of rotatable bonds is 9. The van der Waals surface area contributed by atoms with Gasteiger partial charge in [0.1, 0.15) is 11.4 Å². The maximum absolute atomic E-state index is 15.7. The molecule has 0 atom stereocenters. The van der Waals surface area contributed by atoms with Gasteiger partial charge in [-0.2, -0.15) is 39.5 Å². The summed E-state index contributed by atoms with van der Waals surface area (Å²) < 4.78 is 147. The zero-order valence-corrected chi connectivity index (χ0v) is 50.1. The molecule has 0 amide bonds. The molecule has 0 saturated heterocycles. The van der Waals surface area contributed by atoms with E-state index in [1.165, 1.54) is 51.7 Å². The molecule has 3 heterocycles. The Morgan fingerprint density at radius 1 is 0.518 bits per heavy atom. The first-order chi connectivity index (χ1) is 39.8. The maximum atomic E-state index is 15.7. The fraction of sp³-hybridized carbons (Fsp3) is 0.176. The SMILES string of the molecule is CC(C)c1cc(-c2ccc([Si](C)(C)C)cc2)cc(C(C)C)c1-n1c(-c2[c-]ccc3c2oc2cc(-c4ccccc4)c(F)cc23)nc2ccccc21.FC(F)(F)c1c[c-]c(-c2nc3ccccc3n2-c2c(C(F)(F)F)cccc2C(F)(F)F)cc1.[Ir]. The van der Waals surface area contributed by atoms with Crippen molar-refractivity contribution >= 4 is 57.3 Å². The van der Waals surface area contributed by atoms with E-state index in [0.717, 1.165) is 50.5 Å². The first-order valence-electron chi connectivity index (χ1n) is 27.0. The topological polar surface area (TPSA) is 48.8 Å². The molecule has 435 valence electrons. The van der Waals surface area contributed by atoms with Gasteiger partial charge in [0.15, 0.2) is 0 Å². The largest absolute Gasteiger partial charge is 0.501 e. The van der Waals surface area contributed by atoms with Crippen LogP contribution in [0, 0.1) is 17.9 Å². The first kappa shape index (κ1) is 60.0. The molecule has 0 fully saturated rings. The molecule has 0 N–H and O–H groups in total. The minimum absolute atomic E-state index is 0. The van der Waals surface area contributed by atoms with Crippen molar-refractivity contribution < 1.29 is 68.4 Å². The van der Waals surface area contributed by atoms with Gasteiger partial charge in [0, 0.05) is 36.7 Å². The van der Waals surface area contributed by atoms with E-state index in [2.05, 4.69) is 124 Å². The molecule has 3 aromatic heterocycles. The third-order valence-corrected chi connectivity index (χ3v) is 17.0. The summed E-state index contributed by atoms with van der Waals surface area (Å²) in [6, 6.07) is 54.2. The van der Waals surface area contributed by atoms with Crippen molar-refractivity contribution in [2.45, 2.75) is 77.7 Å². The molecule has 0 aliphatic rings. The number of nitrogens with zero attached hydrogens (tertiary/aromatic N) is 4. The zero-order valence-electron chi connectivity index (χ0n) is 46.7. The average molecular weight is 1350 g/mol. The van der Waals surface area contributed by atoms with Gasteiger partial charge in [-0.3, -0.25) is 9.97 Å². The van der Waals surface area contributed by atoms with Crippen molar-refractivity contribution in [1.29, 1.82) is 0 Å². The summed E-state index contributed by atoms with van der Waals surface area (Å²) in [6.07, 6.45) is -15.0. The van der Waals surface area contributed by atoms with Gasteiger partial charge < -0.3 is 13.6 Å². The minimum Gasteiger partial charge on any atom is -0.501 e. The predicted molar refractivity (Wildman–Crippen MR) is 315 cm³/mol. The predicted octanol–water partition coefficient (Wildman–Crippen LogP) is 20.2. The third-order valence-electron chi connectivity index (χ3n) is 14.9. The molecule has 12 aromatic rings. The molecule has 9 aromatic carbocycles. The second kappa shape index (κ2) is 22.7. The number of benzene rings is 9. The Labute approximate surface area is 498 Å². The van der Waals surface area contributed by atoms with Crippen LogP contribution in [0.25, 0.3) is 100 Å². The molecule has 85 heavy (non-hydrogen) atoms. The zero-order chi connectivity index (χ0) is 59.8. The Morgan fingerprint density at radius 2 is 1.07 bits per heavy atom. The Hall–Kier alpha value is -8.11. The normalized spacial score (nSPS) is 12.4. The van der Waals surface area contributed by atoms with E-state index in [0.29, 0.717) is 51.6 Å². The van der Waals surface area contributed by atoms with Crippen molar-refractivity contribution in [3.05, 3.63) is 222 Å². The van der Waals surface area contributed by atoms with Crippen LogP contribution in [0.5, 0.6) is 0 Å². The van der Waals surface area contributed by atoms with Gasteiger partial charge in [0.05, 0.1) is 64.2 Å². The number of hydrogen-bond donors (Lipinski definition) is 0. The van der Waals surface area contributed by atoms with Gasteiger partial charge in [-0.25, -0.2) is 4.39 Å². The fourth-order valence-electron chi connectivity index (χ4n) is 10.7. The van der Waals surface area contributed by atoms with E-state index >= 15 is 4.39 Å². The summed E-state index contributed by atoms with van der Waals surface area (Å²) in [5.41, 5.74) is 5.62. The molecule has 17 heteroatoms. The first-order valence-corrected chi connectivity index (χ1v) is 30.5. The quantitative estimate of drug-likeness (QED) is 0.0822. The molecule has 0 spiro atoms. The number of imidazole rings is 2. The molecule has 0 aliphatic heterocycles. The molecule has 0 saturated carbocycles. The molecule has 0 bridgehead atoms. The molecular weight excluding hydrogens is 1300 g/mol. The van der Waals surface area contributed by atoms with Crippen LogP contribution < -0.4 is 5.19 Å². The molecule has 5 nitrogen and oxygen atoms in total. The number of halogens is 10. The number of fused-ring (bicyclic) bond motifs is 5. The van der Waals surface area contributed by atoms with Gasteiger partial charge in [0.2, 0.25) is 0 Å². The van der Waals surface area contributed by atoms with E-state index in [1.807, 2.05) is 54.6 Å². The van der Waals surface area contributed by atoms with Crippen LogP contribution in [0.3, 0.4) is 0 Å². The fourth-order valence-corrected chi connectivity index (χ4v) is 11.9. The Morgan fingerprint density at radius 3 is 1.60 bits per heavy atom. The smallest absolute Gasteiger partial charge is 0.418 e. The molecular formula is C68H52F10IrN4OSi-2. The van der Waals surface area contributed by atoms with Crippen molar-refractivity contribution in [1.82, 2.24) is 19.1 Å². The van der Waals surface area contributed by atoms with E-state index in [-0.39, 0.29) is 54.4 Å². The van der Waals surface area contributed by atoms with Crippen LogP contribution in [-0.2, 0) is 38.6 Å². The molecule has 12 rings (SSSR count). The van der Waals surface area contributed by atoms with Crippen LogP contribution in [0.1, 0.15) is 67.3 Å². The van der Waals surface area contributed by atoms with E-state index < -0.39 is 54.8 Å². The summed E-state index contributed by atoms with van der Waals surface area (Å²) in [7, 11) is -1.42. The van der Waals surface area contributed by atoms with Gasteiger partial charge in [0.25, 0.3) is 0 Å². The number of aromatic nitrogens is 4. The third kappa shape index (κ3) is 11.5. The average Bonchev–Trinajstić information content (AvgIpc) is 1.72. The molecule has 1 radical (unpaired) electrons. The standard InChI is InChI=1S/C46H42FN2OSi.C22H10F9N2.Ir/c1-28(2)36-24-32(30-20-22-33(23-21-30)51(5,6)7)25-37(29(3)4)44(36)49-42-19-12-11-18-41(42)48-46(49)35-17-13-16-34-39-26-40(47)38(27-43(39)50-45(34)35)31-14-9-8-10-15-31;23-20(24,25)13-10-8-12(9-11-13)19-32-16-6-1-2-7-17(16)33(19)18-14(21(26,27)28)4-3-5-15(18)22(29,30)31;/h8-16,18-29H,1-7H3;1-8,10-11H;/q2*-1;. The summed E-state index contributed by atoms with van der Waals surface area (Å²) in [5, 5.41) is 3.03. The Balaban J connectivity index is 0.000000205. The van der Waals surface area contributed by atoms with Crippen LogP contribution in [-0.4, -0.2) is 27.2 Å². The van der Waals surface area contributed by atoms with Gasteiger partial charge in [-0.1, -0.05) is 148 Å². The van der Waals surface area contributed by atoms with E-state index in [1.54, 1.807) is 6.07 Å². The second-order valence-corrected chi connectivity index (χ2v) is 27.3. The number of furan rings is 1. The van der Waals surface area contributed by atoms with E-state index in [4.69, 9.17) is 9.40 Å². The summed E-state index contributed by atoms with van der Waals surface area (Å²) in [5.74, 6) is 0.514. The number of para-hydroxylation sites is 5. The maximum Gasteiger partial charge on any atom is 0.418 e. The minimum atomic E-state index is -5.16. The van der Waals surface area contributed by atoms with Crippen molar-refractivity contribution in [3.63, 3.8) is 0 Å². The summed E-state index contributed by atoms with van der Waals surface area (Å²) in [4.78, 5) is 9.39. The Bertz CT molecular complexity index is 4380. The van der Waals surface area contributed by atoms with Gasteiger partial charge >= 0.3 is 18.5 Å². The molecule has 0 unspecified atom stereocenters. The monoisotopic (exact) mass is 1350 g/mol. The second-order valence-electron chi connectivity index (χ2n) is 22.2. The van der Waals surface area contributed by atoms with Gasteiger partial charge in [-0.05, 0) is 106 Å². The van der Waals surface area contributed by atoms with Crippen LogP contribution >= 0.6 is 0 Å².